The second-order valence-corrected chi connectivity index (χ2v) is 5.54. The summed E-state index contributed by atoms with van der Waals surface area (Å²) >= 11 is 0. The van der Waals surface area contributed by atoms with Gasteiger partial charge in [0, 0.05) is 25.9 Å². The highest BCUT2D eigenvalue weighted by Gasteiger charge is 2.24. The van der Waals surface area contributed by atoms with Crippen LogP contribution in [0.4, 0.5) is 0 Å². The third-order valence-corrected chi connectivity index (χ3v) is 2.87. The van der Waals surface area contributed by atoms with Crippen LogP contribution < -0.4 is 10.6 Å². The van der Waals surface area contributed by atoms with Crippen molar-refractivity contribution in [3.05, 3.63) is 0 Å². The highest BCUT2D eigenvalue weighted by Crippen LogP contribution is 2.01. The van der Waals surface area contributed by atoms with Crippen molar-refractivity contribution in [2.45, 2.75) is 0 Å². The molecule has 1 aliphatic heterocycles. The zero-order valence-corrected chi connectivity index (χ0v) is 8.36. The largest absolute Gasteiger partial charge is 0.355 e. The molecule has 1 aliphatic rings. The zero-order valence-electron chi connectivity index (χ0n) is 7.54. The summed E-state index contributed by atoms with van der Waals surface area (Å²) in [5.74, 6) is -0.0132. The van der Waals surface area contributed by atoms with Gasteiger partial charge in [-0.25, -0.2) is 8.42 Å². The lowest BCUT2D eigenvalue weighted by Crippen LogP contribution is -2.51. The second kappa shape index (κ2) is 4.06. The van der Waals surface area contributed by atoms with Crippen LogP contribution in [0, 0.1) is 5.92 Å². The van der Waals surface area contributed by atoms with Gasteiger partial charge >= 0.3 is 0 Å². The summed E-state index contributed by atoms with van der Waals surface area (Å²) in [6.45, 7) is 1.61. The van der Waals surface area contributed by atoms with Crippen LogP contribution in [0.25, 0.3) is 0 Å². The molecular formula is C7H14N2O3S. The van der Waals surface area contributed by atoms with E-state index in [-0.39, 0.29) is 24.1 Å². The fraction of sp³-hybridized carbons (Fsp3) is 0.857. The Morgan fingerprint density at radius 3 is 2.54 bits per heavy atom. The van der Waals surface area contributed by atoms with Crippen LogP contribution in [0.15, 0.2) is 0 Å². The third-order valence-electron chi connectivity index (χ3n) is 1.92. The van der Waals surface area contributed by atoms with Gasteiger partial charge in [-0.2, -0.15) is 0 Å². The smallest absolute Gasteiger partial charge is 0.225 e. The number of amides is 1. The molecule has 13 heavy (non-hydrogen) atoms. The first-order valence-electron chi connectivity index (χ1n) is 4.15. The molecule has 1 saturated heterocycles. The topological polar surface area (TPSA) is 75.3 Å². The fourth-order valence-corrected chi connectivity index (χ4v) is 1.45. The minimum absolute atomic E-state index is 0.0128. The summed E-state index contributed by atoms with van der Waals surface area (Å²) in [4.78, 5) is 11.2. The Kier molecular flexibility index (Phi) is 3.27. The number of hydrogen-bond donors (Lipinski definition) is 2. The first kappa shape index (κ1) is 10.5. The molecule has 6 heteroatoms. The maximum absolute atomic E-state index is 11.2. The van der Waals surface area contributed by atoms with Crippen LogP contribution in [-0.4, -0.2) is 46.0 Å². The maximum Gasteiger partial charge on any atom is 0.225 e. The van der Waals surface area contributed by atoms with E-state index in [4.69, 9.17) is 0 Å². The Hall–Kier alpha value is -0.620. The molecule has 0 aromatic heterocycles. The summed E-state index contributed by atoms with van der Waals surface area (Å²) < 4.78 is 21.4. The summed E-state index contributed by atoms with van der Waals surface area (Å²) in [7, 11) is -2.96. The molecule has 1 heterocycles. The van der Waals surface area contributed by atoms with Gasteiger partial charge < -0.3 is 10.6 Å². The molecule has 0 bridgehead atoms. The molecule has 0 radical (unpaired) electrons. The van der Waals surface area contributed by atoms with Crippen LogP contribution in [0.1, 0.15) is 0 Å². The molecule has 1 fully saturated rings. The van der Waals surface area contributed by atoms with Crippen molar-refractivity contribution < 1.29 is 13.2 Å². The molecule has 0 aliphatic carbocycles. The van der Waals surface area contributed by atoms with Gasteiger partial charge in [0.1, 0.15) is 9.84 Å². The highest BCUT2D eigenvalue weighted by molar-refractivity contribution is 7.90. The van der Waals surface area contributed by atoms with E-state index in [1.165, 1.54) is 0 Å². The second-order valence-electron chi connectivity index (χ2n) is 3.28. The van der Waals surface area contributed by atoms with Crippen LogP contribution in [0.2, 0.25) is 0 Å². The van der Waals surface area contributed by atoms with E-state index in [0.717, 1.165) is 6.26 Å². The minimum atomic E-state index is -2.96. The zero-order chi connectivity index (χ0) is 9.90. The van der Waals surface area contributed by atoms with E-state index >= 15 is 0 Å². The summed E-state index contributed by atoms with van der Waals surface area (Å²) in [6.07, 6.45) is 1.16. The van der Waals surface area contributed by atoms with Gasteiger partial charge in [0.15, 0.2) is 0 Å². The lowest BCUT2D eigenvalue weighted by molar-refractivity contribution is -0.126. The SMILES string of the molecule is CS(=O)(=O)CCNC(=O)C1CNC1. The average Bonchev–Trinajstić information content (AvgIpc) is 1.79. The number of sulfone groups is 1. The number of rotatable bonds is 4. The van der Waals surface area contributed by atoms with Crippen LogP contribution in [0.3, 0.4) is 0 Å². The molecule has 0 saturated carbocycles. The molecular weight excluding hydrogens is 192 g/mol. The van der Waals surface area contributed by atoms with Gasteiger partial charge in [-0.15, -0.1) is 0 Å². The molecule has 76 valence electrons. The first-order valence-corrected chi connectivity index (χ1v) is 6.21. The Morgan fingerprint density at radius 2 is 2.15 bits per heavy atom. The standard InChI is InChI=1S/C7H14N2O3S/c1-13(11,12)3-2-9-7(10)6-4-8-5-6/h6,8H,2-5H2,1H3,(H,9,10). The van der Waals surface area contributed by atoms with Crippen molar-refractivity contribution >= 4 is 15.7 Å². The number of carbonyl (C=O) groups excluding carboxylic acids is 1. The summed E-state index contributed by atoms with van der Waals surface area (Å²) in [6, 6.07) is 0. The molecule has 1 amide bonds. The van der Waals surface area contributed by atoms with Crippen molar-refractivity contribution in [1.82, 2.24) is 10.6 Å². The predicted molar refractivity (Wildman–Crippen MR) is 49.1 cm³/mol. The molecule has 0 unspecified atom stereocenters. The number of hydrogen-bond acceptors (Lipinski definition) is 4. The van der Waals surface area contributed by atoms with Crippen molar-refractivity contribution in [2.24, 2.45) is 5.92 Å². The van der Waals surface area contributed by atoms with Crippen molar-refractivity contribution in [3.63, 3.8) is 0 Å². The van der Waals surface area contributed by atoms with E-state index in [2.05, 4.69) is 10.6 Å². The van der Waals surface area contributed by atoms with Gasteiger partial charge in [0.05, 0.1) is 11.7 Å². The molecule has 0 atom stereocenters. The Bertz CT molecular complexity index is 282. The molecule has 1 rings (SSSR count). The molecule has 0 spiro atoms. The van der Waals surface area contributed by atoms with E-state index in [1.807, 2.05) is 0 Å². The molecule has 0 aromatic rings. The first-order chi connectivity index (χ1) is 5.99. The normalized spacial score (nSPS) is 17.9. The van der Waals surface area contributed by atoms with Crippen molar-refractivity contribution in [2.75, 3.05) is 31.6 Å². The third kappa shape index (κ3) is 3.73. The lowest BCUT2D eigenvalue weighted by atomic mass is 10.0. The molecule has 0 aromatic carbocycles. The summed E-state index contributed by atoms with van der Waals surface area (Å²) in [5.41, 5.74) is 0. The molecule has 2 N–H and O–H groups in total. The highest BCUT2D eigenvalue weighted by atomic mass is 32.2. The Balaban J connectivity index is 2.15. The Labute approximate surface area is 77.8 Å². The van der Waals surface area contributed by atoms with Gasteiger partial charge in [0.25, 0.3) is 0 Å². The monoisotopic (exact) mass is 206 g/mol. The number of nitrogens with one attached hydrogen (secondary N) is 2. The van der Waals surface area contributed by atoms with Gasteiger partial charge in [0.2, 0.25) is 5.91 Å². The van der Waals surface area contributed by atoms with Crippen LogP contribution in [-0.2, 0) is 14.6 Å². The quantitative estimate of drug-likeness (QED) is 0.579. The van der Waals surface area contributed by atoms with Crippen molar-refractivity contribution in [3.8, 4) is 0 Å². The number of carbonyl (C=O) groups is 1. The van der Waals surface area contributed by atoms with Gasteiger partial charge in [-0.05, 0) is 0 Å². The minimum Gasteiger partial charge on any atom is -0.355 e. The summed E-state index contributed by atoms with van der Waals surface area (Å²) in [5, 5.41) is 5.55. The van der Waals surface area contributed by atoms with E-state index in [0.29, 0.717) is 13.1 Å². The van der Waals surface area contributed by atoms with E-state index in [9.17, 15) is 13.2 Å². The van der Waals surface area contributed by atoms with Crippen molar-refractivity contribution in [1.29, 1.82) is 0 Å². The van der Waals surface area contributed by atoms with Crippen LogP contribution in [0.5, 0.6) is 0 Å². The predicted octanol–water partition coefficient (Wildman–Crippen LogP) is -1.63. The molecule has 5 nitrogen and oxygen atoms in total. The van der Waals surface area contributed by atoms with Crippen LogP contribution >= 0.6 is 0 Å². The maximum atomic E-state index is 11.2. The fourth-order valence-electron chi connectivity index (χ4n) is 0.978. The van der Waals surface area contributed by atoms with Gasteiger partial charge in [-0.3, -0.25) is 4.79 Å². The Morgan fingerprint density at radius 1 is 1.54 bits per heavy atom. The van der Waals surface area contributed by atoms with E-state index < -0.39 is 9.84 Å². The van der Waals surface area contributed by atoms with Gasteiger partial charge in [-0.1, -0.05) is 0 Å². The lowest BCUT2D eigenvalue weighted by Gasteiger charge is -2.25. The average molecular weight is 206 g/mol. The van der Waals surface area contributed by atoms with E-state index in [1.54, 1.807) is 0 Å².